The molecule has 1 aliphatic carbocycles. The molecule has 0 heteroatoms. The normalized spacial score (nSPS) is 13.1. The van der Waals surface area contributed by atoms with Gasteiger partial charge >= 0.3 is 0 Å². The third kappa shape index (κ3) is 2.81. The summed E-state index contributed by atoms with van der Waals surface area (Å²) < 4.78 is 0. The highest BCUT2D eigenvalue weighted by Gasteiger charge is 2.17. The molecule has 0 spiro atoms. The third-order valence-corrected chi connectivity index (χ3v) is 4.40. The lowest BCUT2D eigenvalue weighted by atomic mass is 9.90. The molecule has 0 nitrogen and oxygen atoms in total. The minimum Gasteiger partial charge on any atom is -0.0651 e. The van der Waals surface area contributed by atoms with Crippen molar-refractivity contribution in [2.75, 3.05) is 0 Å². The molecule has 1 aliphatic rings. The summed E-state index contributed by atoms with van der Waals surface area (Å²) in [7, 11) is 0. The molecule has 108 valence electrons. The van der Waals surface area contributed by atoms with E-state index in [4.69, 9.17) is 0 Å². The van der Waals surface area contributed by atoms with Crippen LogP contribution in [-0.2, 0) is 19.3 Å². The summed E-state index contributed by atoms with van der Waals surface area (Å²) in [5.74, 6) is 0. The van der Waals surface area contributed by atoms with E-state index in [0.29, 0.717) is 0 Å². The third-order valence-electron chi connectivity index (χ3n) is 4.40. The molecule has 0 fully saturated rings. The fourth-order valence-corrected chi connectivity index (χ4v) is 3.44. The summed E-state index contributed by atoms with van der Waals surface area (Å²) in [6, 6.07) is 15.7. The Balaban J connectivity index is 2.02. The van der Waals surface area contributed by atoms with E-state index in [-0.39, 0.29) is 0 Å². The molecule has 0 radical (unpaired) electrons. The largest absolute Gasteiger partial charge is 0.0651 e. The van der Waals surface area contributed by atoms with Gasteiger partial charge in [0.05, 0.1) is 0 Å². The highest BCUT2D eigenvalue weighted by Crippen LogP contribution is 2.34. The van der Waals surface area contributed by atoms with E-state index in [1.165, 1.54) is 47.9 Å². The van der Waals surface area contributed by atoms with Crippen molar-refractivity contribution >= 4 is 11.6 Å². The molecule has 0 saturated carbocycles. The first-order valence-electron chi connectivity index (χ1n) is 8.23. The Labute approximate surface area is 128 Å². The zero-order valence-electron chi connectivity index (χ0n) is 13.2. The van der Waals surface area contributed by atoms with Crippen molar-refractivity contribution in [3.8, 4) is 0 Å². The predicted octanol–water partition coefficient (Wildman–Crippen LogP) is 5.69. The molecule has 0 aromatic heterocycles. The summed E-state index contributed by atoms with van der Waals surface area (Å²) in [5.41, 5.74) is 8.98. The fraction of sp³-hybridized carbons (Fsp3) is 0.333. The van der Waals surface area contributed by atoms with E-state index >= 15 is 0 Å². The van der Waals surface area contributed by atoms with Crippen LogP contribution < -0.4 is 0 Å². The molecule has 2 aromatic rings. The lowest BCUT2D eigenvalue weighted by Crippen LogP contribution is -2.00. The Kier molecular flexibility index (Phi) is 4.24. The Morgan fingerprint density at radius 3 is 2.43 bits per heavy atom. The number of aryl methyl sites for hydroxylation is 1. The number of fused-ring (bicyclic) bond motifs is 1. The van der Waals surface area contributed by atoms with Gasteiger partial charge in [-0.2, -0.15) is 0 Å². The second-order valence-corrected chi connectivity index (χ2v) is 5.99. The van der Waals surface area contributed by atoms with Gasteiger partial charge in [-0.15, -0.1) is 0 Å². The van der Waals surface area contributed by atoms with Crippen molar-refractivity contribution in [1.29, 1.82) is 0 Å². The van der Waals surface area contributed by atoms with E-state index in [1.54, 1.807) is 11.1 Å². The van der Waals surface area contributed by atoms with Crippen LogP contribution in [0.1, 0.15) is 54.5 Å². The predicted molar refractivity (Wildman–Crippen MR) is 92.4 cm³/mol. The molecular weight excluding hydrogens is 252 g/mol. The number of benzene rings is 2. The Bertz CT molecular complexity index is 661. The van der Waals surface area contributed by atoms with Crippen LogP contribution in [0, 0.1) is 0 Å². The van der Waals surface area contributed by atoms with Crippen molar-refractivity contribution in [1.82, 2.24) is 0 Å². The van der Waals surface area contributed by atoms with Crippen LogP contribution in [0.2, 0.25) is 0 Å². The van der Waals surface area contributed by atoms with Gasteiger partial charge in [0.25, 0.3) is 0 Å². The highest BCUT2D eigenvalue weighted by atomic mass is 14.2. The number of rotatable bonds is 5. The molecule has 0 saturated heterocycles. The summed E-state index contributed by atoms with van der Waals surface area (Å²) in [6.45, 7) is 4.55. The summed E-state index contributed by atoms with van der Waals surface area (Å²) in [4.78, 5) is 0. The standard InChI is InChI=1S/C21H24/c1-3-8-16-12-7-13-21(20(16)9-4-2)19-14-17-10-5-6-11-18(17)15-19/h5-7,10-14H,3-4,8-9,15H2,1-2H3. The average Bonchev–Trinajstić information content (AvgIpc) is 2.93. The van der Waals surface area contributed by atoms with E-state index < -0.39 is 0 Å². The highest BCUT2D eigenvalue weighted by molar-refractivity contribution is 5.89. The molecular formula is C21H24. The Morgan fingerprint density at radius 1 is 0.857 bits per heavy atom. The maximum Gasteiger partial charge on any atom is -0.00136 e. The first kappa shape index (κ1) is 14.1. The van der Waals surface area contributed by atoms with E-state index in [2.05, 4.69) is 62.4 Å². The van der Waals surface area contributed by atoms with Gasteiger partial charge in [-0.1, -0.05) is 75.2 Å². The first-order valence-corrected chi connectivity index (χ1v) is 8.23. The first-order chi connectivity index (χ1) is 10.3. The molecule has 2 aromatic carbocycles. The maximum absolute atomic E-state index is 2.39. The maximum atomic E-state index is 2.39. The lowest BCUT2D eigenvalue weighted by molar-refractivity contribution is 0.858. The van der Waals surface area contributed by atoms with Crippen LogP contribution in [0.25, 0.3) is 11.6 Å². The van der Waals surface area contributed by atoms with Crippen LogP contribution >= 0.6 is 0 Å². The molecule has 0 N–H and O–H groups in total. The van der Waals surface area contributed by atoms with Crippen molar-refractivity contribution in [3.05, 3.63) is 70.3 Å². The van der Waals surface area contributed by atoms with Crippen LogP contribution in [0.3, 0.4) is 0 Å². The summed E-state index contributed by atoms with van der Waals surface area (Å²) in [6.07, 6.45) is 8.30. The van der Waals surface area contributed by atoms with Gasteiger partial charge in [0.2, 0.25) is 0 Å². The quantitative estimate of drug-likeness (QED) is 0.658. The minimum absolute atomic E-state index is 1.09. The summed E-state index contributed by atoms with van der Waals surface area (Å²) in [5, 5.41) is 0. The topological polar surface area (TPSA) is 0 Å². The summed E-state index contributed by atoms with van der Waals surface area (Å²) >= 11 is 0. The monoisotopic (exact) mass is 276 g/mol. The van der Waals surface area contributed by atoms with Crippen LogP contribution in [0.15, 0.2) is 42.5 Å². The van der Waals surface area contributed by atoms with Crippen LogP contribution in [0.5, 0.6) is 0 Å². The van der Waals surface area contributed by atoms with Gasteiger partial charge < -0.3 is 0 Å². The van der Waals surface area contributed by atoms with E-state index in [0.717, 1.165) is 6.42 Å². The minimum atomic E-state index is 1.09. The van der Waals surface area contributed by atoms with Gasteiger partial charge in [0.15, 0.2) is 0 Å². The Morgan fingerprint density at radius 2 is 1.67 bits per heavy atom. The van der Waals surface area contributed by atoms with Crippen molar-refractivity contribution in [2.45, 2.75) is 46.0 Å². The number of hydrogen-bond acceptors (Lipinski definition) is 0. The number of allylic oxidation sites excluding steroid dienone is 1. The fourth-order valence-electron chi connectivity index (χ4n) is 3.44. The smallest absolute Gasteiger partial charge is 0.00136 e. The number of hydrogen-bond donors (Lipinski definition) is 0. The molecule has 0 heterocycles. The molecule has 0 bridgehead atoms. The van der Waals surface area contributed by atoms with Crippen LogP contribution in [-0.4, -0.2) is 0 Å². The SMILES string of the molecule is CCCc1cccc(C2=Cc3ccccc3C2)c1CCC. The van der Waals surface area contributed by atoms with Gasteiger partial charge in [0.1, 0.15) is 0 Å². The second-order valence-electron chi connectivity index (χ2n) is 5.99. The van der Waals surface area contributed by atoms with E-state index in [1.807, 2.05) is 0 Å². The van der Waals surface area contributed by atoms with Gasteiger partial charge in [-0.25, -0.2) is 0 Å². The van der Waals surface area contributed by atoms with Crippen molar-refractivity contribution < 1.29 is 0 Å². The van der Waals surface area contributed by atoms with Crippen molar-refractivity contribution in [3.63, 3.8) is 0 Å². The van der Waals surface area contributed by atoms with E-state index in [9.17, 15) is 0 Å². The Hall–Kier alpha value is -1.82. The zero-order valence-corrected chi connectivity index (χ0v) is 13.2. The van der Waals surface area contributed by atoms with Gasteiger partial charge in [0, 0.05) is 0 Å². The second kappa shape index (κ2) is 6.30. The van der Waals surface area contributed by atoms with Crippen LogP contribution in [0.4, 0.5) is 0 Å². The van der Waals surface area contributed by atoms with Gasteiger partial charge in [-0.05, 0) is 52.7 Å². The van der Waals surface area contributed by atoms with Crippen molar-refractivity contribution in [2.24, 2.45) is 0 Å². The molecule has 21 heavy (non-hydrogen) atoms. The van der Waals surface area contributed by atoms with Gasteiger partial charge in [-0.3, -0.25) is 0 Å². The molecule has 3 rings (SSSR count). The molecule has 0 aliphatic heterocycles. The molecule has 0 amide bonds. The average molecular weight is 276 g/mol. The zero-order chi connectivity index (χ0) is 14.7. The molecule has 0 atom stereocenters. The molecule has 0 unspecified atom stereocenters. The lowest BCUT2D eigenvalue weighted by Gasteiger charge is -2.15.